The minimum absolute atomic E-state index is 0.0546. The number of carbonyl (C=O) groups excluding carboxylic acids is 1. The van der Waals surface area contributed by atoms with Gasteiger partial charge in [0.05, 0.1) is 5.75 Å². The van der Waals surface area contributed by atoms with Crippen LogP contribution in [0.1, 0.15) is 39.5 Å². The number of carbonyl (C=O) groups is 1. The van der Waals surface area contributed by atoms with Gasteiger partial charge in [0.1, 0.15) is 0 Å². The van der Waals surface area contributed by atoms with Crippen LogP contribution in [0.4, 0.5) is 0 Å². The summed E-state index contributed by atoms with van der Waals surface area (Å²) >= 11 is 0. The highest BCUT2D eigenvalue weighted by atomic mass is 35.7. The highest BCUT2D eigenvalue weighted by Crippen LogP contribution is 2.24. The van der Waals surface area contributed by atoms with Crippen molar-refractivity contribution in [3.63, 3.8) is 0 Å². The van der Waals surface area contributed by atoms with Crippen molar-refractivity contribution in [1.82, 2.24) is 4.90 Å². The third kappa shape index (κ3) is 4.84. The molecule has 1 fully saturated rings. The van der Waals surface area contributed by atoms with Crippen LogP contribution in [0, 0.1) is 5.92 Å². The van der Waals surface area contributed by atoms with Gasteiger partial charge in [0.2, 0.25) is 15.0 Å². The average Bonchev–Trinajstić information content (AvgIpc) is 2.53. The SMILES string of the molecule is CCCCC(C)N1CC(CS(=O)(=O)Cl)CC1=O. The number of rotatable bonds is 6. The third-order valence-corrected chi connectivity index (χ3v) is 4.43. The first-order chi connectivity index (χ1) is 7.83. The molecule has 0 aliphatic carbocycles. The minimum Gasteiger partial charge on any atom is -0.340 e. The van der Waals surface area contributed by atoms with E-state index in [2.05, 4.69) is 6.92 Å². The second-order valence-corrected chi connectivity index (χ2v) is 7.63. The van der Waals surface area contributed by atoms with Gasteiger partial charge in [-0.1, -0.05) is 19.8 Å². The molecule has 1 amide bonds. The molecule has 1 rings (SSSR count). The molecule has 0 radical (unpaired) electrons. The fraction of sp³-hybridized carbons (Fsp3) is 0.909. The van der Waals surface area contributed by atoms with E-state index in [9.17, 15) is 13.2 Å². The first-order valence-electron chi connectivity index (χ1n) is 6.05. The summed E-state index contributed by atoms with van der Waals surface area (Å²) < 4.78 is 22.0. The lowest BCUT2D eigenvalue weighted by Crippen LogP contribution is -2.34. The van der Waals surface area contributed by atoms with E-state index in [0.717, 1.165) is 19.3 Å². The Labute approximate surface area is 108 Å². The quantitative estimate of drug-likeness (QED) is 0.700. The second-order valence-electron chi connectivity index (χ2n) is 4.81. The lowest BCUT2D eigenvalue weighted by atomic mass is 10.1. The Morgan fingerprint density at radius 2 is 2.18 bits per heavy atom. The Balaban J connectivity index is 2.52. The second kappa shape index (κ2) is 6.05. The molecule has 0 aromatic heterocycles. The van der Waals surface area contributed by atoms with E-state index in [1.165, 1.54) is 0 Å². The summed E-state index contributed by atoms with van der Waals surface area (Å²) in [7, 11) is 1.71. The van der Waals surface area contributed by atoms with Crippen molar-refractivity contribution < 1.29 is 13.2 Å². The summed E-state index contributed by atoms with van der Waals surface area (Å²) in [4.78, 5) is 13.6. The van der Waals surface area contributed by atoms with Gasteiger partial charge in [-0.05, 0) is 13.3 Å². The Bertz CT molecular complexity index is 369. The Morgan fingerprint density at radius 3 is 2.71 bits per heavy atom. The van der Waals surface area contributed by atoms with E-state index in [0.29, 0.717) is 13.0 Å². The van der Waals surface area contributed by atoms with Crippen molar-refractivity contribution in [1.29, 1.82) is 0 Å². The van der Waals surface area contributed by atoms with Crippen LogP contribution in [-0.2, 0) is 13.8 Å². The maximum atomic E-state index is 11.8. The van der Waals surface area contributed by atoms with Gasteiger partial charge in [0.25, 0.3) is 0 Å². The number of likely N-dealkylation sites (tertiary alicyclic amines) is 1. The summed E-state index contributed by atoms with van der Waals surface area (Å²) in [6.07, 6.45) is 3.47. The number of amides is 1. The molecule has 1 heterocycles. The van der Waals surface area contributed by atoms with Crippen LogP contribution in [0.15, 0.2) is 0 Å². The zero-order valence-electron chi connectivity index (χ0n) is 10.4. The maximum absolute atomic E-state index is 11.8. The molecule has 6 heteroatoms. The van der Waals surface area contributed by atoms with Crippen molar-refractivity contribution in [3.05, 3.63) is 0 Å². The van der Waals surface area contributed by atoms with E-state index in [1.807, 2.05) is 6.92 Å². The number of hydrogen-bond acceptors (Lipinski definition) is 3. The van der Waals surface area contributed by atoms with Crippen molar-refractivity contribution in [2.45, 2.75) is 45.6 Å². The van der Waals surface area contributed by atoms with Gasteiger partial charge in [-0.3, -0.25) is 4.79 Å². The molecule has 0 aromatic rings. The van der Waals surface area contributed by atoms with Gasteiger partial charge in [-0.15, -0.1) is 0 Å². The van der Waals surface area contributed by atoms with Crippen LogP contribution in [0.25, 0.3) is 0 Å². The van der Waals surface area contributed by atoms with Gasteiger partial charge in [-0.25, -0.2) is 8.42 Å². The molecule has 2 atom stereocenters. The fourth-order valence-electron chi connectivity index (χ4n) is 2.28. The number of nitrogens with zero attached hydrogens (tertiary/aromatic N) is 1. The zero-order valence-corrected chi connectivity index (χ0v) is 11.9. The van der Waals surface area contributed by atoms with E-state index in [4.69, 9.17) is 10.7 Å². The lowest BCUT2D eigenvalue weighted by Gasteiger charge is -2.24. The molecule has 1 aliphatic heterocycles. The van der Waals surface area contributed by atoms with E-state index in [1.54, 1.807) is 4.90 Å². The molecule has 4 nitrogen and oxygen atoms in total. The molecule has 2 unspecified atom stereocenters. The molecule has 100 valence electrons. The normalized spacial score (nSPS) is 23.1. The van der Waals surface area contributed by atoms with Gasteiger partial charge in [-0.2, -0.15) is 0 Å². The fourth-order valence-corrected chi connectivity index (χ4v) is 3.60. The molecule has 0 aromatic carbocycles. The molecule has 0 N–H and O–H groups in total. The van der Waals surface area contributed by atoms with Crippen LogP contribution in [-0.4, -0.2) is 37.6 Å². The van der Waals surface area contributed by atoms with Gasteiger partial charge >= 0.3 is 0 Å². The van der Waals surface area contributed by atoms with E-state index < -0.39 is 9.05 Å². The van der Waals surface area contributed by atoms with Crippen LogP contribution >= 0.6 is 10.7 Å². The largest absolute Gasteiger partial charge is 0.340 e. The zero-order chi connectivity index (χ0) is 13.1. The van der Waals surface area contributed by atoms with Crippen molar-refractivity contribution in [2.24, 2.45) is 5.92 Å². The van der Waals surface area contributed by atoms with Gasteiger partial charge < -0.3 is 4.90 Å². The highest BCUT2D eigenvalue weighted by molar-refractivity contribution is 8.13. The molecule has 17 heavy (non-hydrogen) atoms. The predicted octanol–water partition coefficient (Wildman–Crippen LogP) is 1.98. The summed E-state index contributed by atoms with van der Waals surface area (Å²) in [5.74, 6) is -0.190. The smallest absolute Gasteiger partial charge is 0.232 e. The Kier molecular flexibility index (Phi) is 5.25. The Morgan fingerprint density at radius 1 is 1.53 bits per heavy atom. The summed E-state index contributed by atoms with van der Waals surface area (Å²) in [5.41, 5.74) is 0. The minimum atomic E-state index is -3.50. The van der Waals surface area contributed by atoms with Crippen LogP contribution in [0.5, 0.6) is 0 Å². The molecule has 0 saturated carbocycles. The highest BCUT2D eigenvalue weighted by Gasteiger charge is 2.34. The van der Waals surface area contributed by atoms with E-state index >= 15 is 0 Å². The van der Waals surface area contributed by atoms with Gasteiger partial charge in [0.15, 0.2) is 0 Å². The predicted molar refractivity (Wildman–Crippen MR) is 68.4 cm³/mol. The van der Waals surface area contributed by atoms with Crippen LogP contribution in [0.2, 0.25) is 0 Å². The number of halogens is 1. The maximum Gasteiger partial charge on any atom is 0.232 e. The molecule has 1 saturated heterocycles. The van der Waals surface area contributed by atoms with Crippen LogP contribution < -0.4 is 0 Å². The molecular weight excluding hydrogens is 262 g/mol. The summed E-state index contributed by atoms with van der Waals surface area (Å²) in [5, 5.41) is 0. The van der Waals surface area contributed by atoms with E-state index in [-0.39, 0.29) is 23.6 Å². The third-order valence-electron chi connectivity index (χ3n) is 3.18. The monoisotopic (exact) mass is 281 g/mol. The average molecular weight is 282 g/mol. The van der Waals surface area contributed by atoms with Crippen molar-refractivity contribution in [3.8, 4) is 0 Å². The van der Waals surface area contributed by atoms with Crippen LogP contribution in [0.3, 0.4) is 0 Å². The molecule has 1 aliphatic rings. The summed E-state index contributed by atoms with van der Waals surface area (Å²) in [6.45, 7) is 4.65. The summed E-state index contributed by atoms with van der Waals surface area (Å²) in [6, 6.07) is 0.200. The Hall–Kier alpha value is -0.290. The molecular formula is C11H20ClNO3S. The first-order valence-corrected chi connectivity index (χ1v) is 8.53. The van der Waals surface area contributed by atoms with Crippen molar-refractivity contribution in [2.75, 3.05) is 12.3 Å². The first kappa shape index (κ1) is 14.8. The topological polar surface area (TPSA) is 54.5 Å². The number of unbranched alkanes of at least 4 members (excludes halogenated alkanes) is 1. The molecule has 0 bridgehead atoms. The lowest BCUT2D eigenvalue weighted by molar-refractivity contribution is -0.129. The van der Waals surface area contributed by atoms with Crippen molar-refractivity contribution >= 4 is 25.6 Å². The van der Waals surface area contributed by atoms with Gasteiger partial charge in [0, 0.05) is 35.6 Å². The molecule has 0 spiro atoms. The number of hydrogen-bond donors (Lipinski definition) is 0. The standard InChI is InChI=1S/C11H20ClNO3S/c1-3-4-5-9(2)13-7-10(6-11(13)14)8-17(12,15)16/h9-10H,3-8H2,1-2H3.